The maximum atomic E-state index is 12.1. The van der Waals surface area contributed by atoms with E-state index in [-0.39, 0.29) is 21.7 Å². The number of aromatic carboxylic acids is 1. The Morgan fingerprint density at radius 3 is 2.50 bits per heavy atom. The quantitative estimate of drug-likeness (QED) is 0.822. The van der Waals surface area contributed by atoms with Gasteiger partial charge >= 0.3 is 5.97 Å². The summed E-state index contributed by atoms with van der Waals surface area (Å²) in [5.41, 5.74) is 6.73. The van der Waals surface area contributed by atoms with Crippen LogP contribution in [0.2, 0.25) is 0 Å². The number of carboxylic acid groups (broad SMARTS) is 1. The number of rotatable bonds is 2. The number of nitrogen functional groups attached to an aromatic ring is 1. The number of hydrogen-bond donors (Lipinski definition) is 2. The second-order valence-electron chi connectivity index (χ2n) is 4.77. The van der Waals surface area contributed by atoms with Crippen LogP contribution >= 0.6 is 0 Å². The van der Waals surface area contributed by atoms with Crippen LogP contribution < -0.4 is 5.73 Å². The van der Waals surface area contributed by atoms with Gasteiger partial charge in [0.2, 0.25) is 0 Å². The maximum Gasteiger partial charge on any atom is 0.335 e. The minimum atomic E-state index is -4.05. The first-order valence-corrected chi connectivity index (χ1v) is 7.73. The van der Waals surface area contributed by atoms with Gasteiger partial charge in [-0.2, -0.15) is 13.5 Å². The normalized spacial score (nSPS) is 18.6. The van der Waals surface area contributed by atoms with Crippen LogP contribution in [0.1, 0.15) is 27.5 Å². The van der Waals surface area contributed by atoms with E-state index < -0.39 is 22.0 Å². The summed E-state index contributed by atoms with van der Waals surface area (Å²) in [6.45, 7) is 0. The lowest BCUT2D eigenvalue weighted by atomic mass is 9.96. The van der Waals surface area contributed by atoms with Crippen LogP contribution in [0.25, 0.3) is 0 Å². The van der Waals surface area contributed by atoms with Gasteiger partial charge in [0.15, 0.2) is 0 Å². The highest BCUT2D eigenvalue weighted by molar-refractivity contribution is 7.90. The summed E-state index contributed by atoms with van der Waals surface area (Å²) >= 11 is 0. The molecular weight excluding hydrogens is 306 g/mol. The van der Waals surface area contributed by atoms with Crippen molar-refractivity contribution in [2.75, 3.05) is 5.73 Å². The van der Waals surface area contributed by atoms with Gasteiger partial charge in [0, 0.05) is 11.3 Å². The van der Waals surface area contributed by atoms with Crippen molar-refractivity contribution in [3.8, 4) is 0 Å². The van der Waals surface area contributed by atoms with Gasteiger partial charge in [-0.1, -0.05) is 34.9 Å². The lowest BCUT2D eigenvalue weighted by Crippen LogP contribution is -2.15. The molecule has 0 spiro atoms. The monoisotopic (exact) mass is 317 g/mol. The zero-order chi connectivity index (χ0) is 15.9. The molecule has 1 heterocycles. The van der Waals surface area contributed by atoms with Gasteiger partial charge in [-0.3, -0.25) is 0 Å². The standard InChI is InChI=1S/C14H11N3O4S/c15-10-6-9(14(18)19)7-11-12(10)13(16-17-22(11,20)21)8-4-2-1-3-5-8/h1-7,13H,15H2,(H,18,19). The molecule has 8 heteroatoms. The maximum absolute atomic E-state index is 12.1. The number of fused-ring (bicyclic) bond motifs is 1. The van der Waals surface area contributed by atoms with Gasteiger partial charge in [-0.25, -0.2) is 4.79 Å². The van der Waals surface area contributed by atoms with E-state index in [2.05, 4.69) is 9.63 Å². The van der Waals surface area contributed by atoms with E-state index in [0.717, 1.165) is 11.6 Å². The molecule has 7 nitrogen and oxygen atoms in total. The van der Waals surface area contributed by atoms with Crippen molar-refractivity contribution in [2.24, 2.45) is 9.63 Å². The highest BCUT2D eigenvalue weighted by Gasteiger charge is 2.32. The molecule has 2 aromatic rings. The topological polar surface area (TPSA) is 122 Å². The van der Waals surface area contributed by atoms with E-state index in [1.165, 1.54) is 6.07 Å². The molecule has 0 aromatic heterocycles. The lowest BCUT2D eigenvalue weighted by molar-refractivity contribution is 0.0696. The third-order valence-electron chi connectivity index (χ3n) is 3.36. The molecule has 22 heavy (non-hydrogen) atoms. The Morgan fingerprint density at radius 2 is 1.86 bits per heavy atom. The van der Waals surface area contributed by atoms with Crippen LogP contribution in [0.15, 0.2) is 57.0 Å². The lowest BCUT2D eigenvalue weighted by Gasteiger charge is -2.21. The third-order valence-corrected chi connectivity index (χ3v) is 4.56. The van der Waals surface area contributed by atoms with Gasteiger partial charge in [0.1, 0.15) is 6.04 Å². The van der Waals surface area contributed by atoms with Crippen molar-refractivity contribution in [3.05, 3.63) is 59.2 Å². The molecule has 0 aliphatic carbocycles. The van der Waals surface area contributed by atoms with Crippen LogP contribution in [0, 0.1) is 0 Å². The zero-order valence-corrected chi connectivity index (χ0v) is 12.0. The first kappa shape index (κ1) is 14.2. The average molecular weight is 317 g/mol. The van der Waals surface area contributed by atoms with E-state index >= 15 is 0 Å². The largest absolute Gasteiger partial charge is 0.478 e. The number of hydrogen-bond acceptors (Lipinski definition) is 5. The first-order chi connectivity index (χ1) is 10.4. The van der Waals surface area contributed by atoms with Crippen LogP contribution in [-0.4, -0.2) is 19.5 Å². The van der Waals surface area contributed by atoms with Crippen molar-refractivity contribution in [2.45, 2.75) is 10.9 Å². The summed E-state index contributed by atoms with van der Waals surface area (Å²) in [5, 5.41) is 12.9. The highest BCUT2D eigenvalue weighted by Crippen LogP contribution is 2.40. The molecule has 0 saturated heterocycles. The smallest absolute Gasteiger partial charge is 0.335 e. The summed E-state index contributed by atoms with van der Waals surface area (Å²) in [6.07, 6.45) is 0. The predicted molar refractivity (Wildman–Crippen MR) is 78.1 cm³/mol. The minimum absolute atomic E-state index is 0.0611. The molecule has 0 amide bonds. The fraction of sp³-hybridized carbons (Fsp3) is 0.0714. The second kappa shape index (κ2) is 4.92. The molecule has 0 bridgehead atoms. The van der Waals surface area contributed by atoms with E-state index in [1.807, 2.05) is 6.07 Å². The van der Waals surface area contributed by atoms with Gasteiger partial charge in [0.25, 0.3) is 10.0 Å². The Hall–Kier alpha value is -2.74. The molecule has 1 atom stereocenters. The van der Waals surface area contributed by atoms with Gasteiger partial charge in [0.05, 0.1) is 10.5 Å². The molecule has 112 valence electrons. The van der Waals surface area contributed by atoms with E-state index in [9.17, 15) is 13.2 Å². The highest BCUT2D eigenvalue weighted by atomic mass is 32.2. The SMILES string of the molecule is Nc1cc(C(=O)O)cc2c1C(c1ccccc1)N=NS2(=O)=O. The van der Waals surface area contributed by atoms with Crippen molar-refractivity contribution in [1.29, 1.82) is 0 Å². The number of nitrogens with two attached hydrogens (primary N) is 1. The van der Waals surface area contributed by atoms with Gasteiger partial charge in [-0.15, -0.1) is 0 Å². The van der Waals surface area contributed by atoms with Gasteiger partial charge in [-0.05, 0) is 17.7 Å². The molecule has 0 saturated carbocycles. The molecule has 2 aromatic carbocycles. The summed E-state index contributed by atoms with van der Waals surface area (Å²) in [5.74, 6) is -1.26. The fourth-order valence-corrected chi connectivity index (χ4v) is 3.45. The average Bonchev–Trinajstić information content (AvgIpc) is 2.48. The number of benzene rings is 2. The Morgan fingerprint density at radius 1 is 1.18 bits per heavy atom. The Bertz CT molecular complexity index is 892. The molecule has 1 aliphatic heterocycles. The van der Waals surface area contributed by atoms with Crippen molar-refractivity contribution >= 4 is 21.7 Å². The number of anilines is 1. The second-order valence-corrected chi connectivity index (χ2v) is 6.32. The van der Waals surface area contributed by atoms with E-state index in [4.69, 9.17) is 10.8 Å². The number of nitrogens with zero attached hydrogens (tertiary/aromatic N) is 2. The van der Waals surface area contributed by atoms with Crippen molar-refractivity contribution < 1.29 is 18.3 Å². The predicted octanol–water partition coefficient (Wildman–Crippen LogP) is 2.21. The summed E-state index contributed by atoms with van der Waals surface area (Å²) in [6, 6.07) is 10.6. The van der Waals surface area contributed by atoms with Crippen LogP contribution in [0.4, 0.5) is 5.69 Å². The van der Waals surface area contributed by atoms with Crippen LogP contribution in [0.5, 0.6) is 0 Å². The van der Waals surface area contributed by atoms with Crippen LogP contribution in [0.3, 0.4) is 0 Å². The summed E-state index contributed by atoms with van der Waals surface area (Å²) < 4.78 is 27.5. The van der Waals surface area contributed by atoms with E-state index in [1.54, 1.807) is 24.3 Å². The fourth-order valence-electron chi connectivity index (χ4n) is 2.36. The third kappa shape index (κ3) is 2.23. The van der Waals surface area contributed by atoms with Gasteiger partial charge < -0.3 is 10.8 Å². The molecule has 0 fully saturated rings. The first-order valence-electron chi connectivity index (χ1n) is 6.29. The van der Waals surface area contributed by atoms with E-state index in [0.29, 0.717) is 0 Å². The van der Waals surface area contributed by atoms with Crippen molar-refractivity contribution in [3.63, 3.8) is 0 Å². The van der Waals surface area contributed by atoms with Crippen LogP contribution in [-0.2, 0) is 10.0 Å². The number of carbonyl (C=O) groups is 1. The molecular formula is C14H11N3O4S. The van der Waals surface area contributed by atoms with Crippen molar-refractivity contribution in [1.82, 2.24) is 0 Å². The molecule has 1 unspecified atom stereocenters. The molecule has 1 aliphatic rings. The Balaban J connectivity index is 2.29. The minimum Gasteiger partial charge on any atom is -0.478 e. The molecule has 3 rings (SSSR count). The molecule has 3 N–H and O–H groups in total. The zero-order valence-electron chi connectivity index (χ0n) is 11.2. The summed E-state index contributed by atoms with van der Waals surface area (Å²) in [4.78, 5) is 10.9. The Kier molecular flexibility index (Phi) is 3.18. The molecule has 0 radical (unpaired) electrons. The number of sulfonamides is 1. The number of carboxylic acids is 1. The Labute approximate surface area is 126 Å². The summed E-state index contributed by atoms with van der Waals surface area (Å²) in [7, 11) is -4.05.